The van der Waals surface area contributed by atoms with Crippen LogP contribution in [0.5, 0.6) is 0 Å². The zero-order chi connectivity index (χ0) is 13.0. The fourth-order valence-electron chi connectivity index (χ4n) is 1.61. The maximum Gasteiger partial charge on any atom is 0.237 e. The summed E-state index contributed by atoms with van der Waals surface area (Å²) in [5, 5.41) is 5.66. The lowest BCUT2D eigenvalue weighted by molar-refractivity contribution is -0.122. The first kappa shape index (κ1) is 13.6. The molecule has 0 saturated heterocycles. The molecule has 0 aliphatic rings. The number of carbonyl (C=O) groups is 1. The highest BCUT2D eigenvalue weighted by atomic mass is 19.1. The molecule has 0 aliphatic heterocycles. The molecule has 0 bridgehead atoms. The zero-order valence-electron chi connectivity index (χ0n) is 10.7. The number of aryl methyl sites for hydroxylation is 2. The normalized spacial score (nSPS) is 12.3. The molecule has 0 fully saturated rings. The van der Waals surface area contributed by atoms with E-state index in [1.807, 2.05) is 0 Å². The minimum Gasteiger partial charge on any atom is -0.351 e. The molecule has 0 radical (unpaired) electrons. The van der Waals surface area contributed by atoms with Crippen molar-refractivity contribution in [1.29, 1.82) is 0 Å². The molecule has 17 heavy (non-hydrogen) atoms. The van der Waals surface area contributed by atoms with Gasteiger partial charge in [0.1, 0.15) is 5.82 Å². The second-order valence-corrected chi connectivity index (χ2v) is 4.27. The molecule has 0 aromatic heterocycles. The van der Waals surface area contributed by atoms with Gasteiger partial charge in [-0.2, -0.15) is 0 Å². The van der Waals surface area contributed by atoms with Crippen LogP contribution in [0, 0.1) is 19.7 Å². The molecule has 1 aromatic carbocycles. The first-order valence-electron chi connectivity index (χ1n) is 5.66. The first-order chi connectivity index (χ1) is 7.95. The van der Waals surface area contributed by atoms with Crippen molar-refractivity contribution in [3.05, 3.63) is 34.6 Å². The second-order valence-electron chi connectivity index (χ2n) is 4.27. The van der Waals surface area contributed by atoms with Crippen LogP contribution in [0.15, 0.2) is 12.1 Å². The lowest BCUT2D eigenvalue weighted by Gasteiger charge is -2.12. The minimum atomic E-state index is -0.224. The summed E-state index contributed by atoms with van der Waals surface area (Å²) in [5.74, 6) is -0.240. The molecule has 4 heteroatoms. The lowest BCUT2D eigenvalue weighted by Crippen LogP contribution is -2.40. The Morgan fingerprint density at radius 2 is 1.88 bits per heavy atom. The van der Waals surface area contributed by atoms with Crippen molar-refractivity contribution in [3.63, 3.8) is 0 Å². The summed E-state index contributed by atoms with van der Waals surface area (Å²) in [6, 6.07) is 3.29. The highest BCUT2D eigenvalue weighted by molar-refractivity contribution is 5.81. The summed E-state index contributed by atoms with van der Waals surface area (Å²) in [6.07, 6.45) is 0. The van der Waals surface area contributed by atoms with E-state index in [1.165, 1.54) is 0 Å². The van der Waals surface area contributed by atoms with Crippen molar-refractivity contribution in [2.75, 3.05) is 7.05 Å². The monoisotopic (exact) mass is 238 g/mol. The maximum absolute atomic E-state index is 13.4. The van der Waals surface area contributed by atoms with Gasteiger partial charge in [-0.1, -0.05) is 12.1 Å². The van der Waals surface area contributed by atoms with E-state index in [1.54, 1.807) is 40.0 Å². The second kappa shape index (κ2) is 5.77. The number of hydrogen-bond donors (Lipinski definition) is 2. The standard InChI is InChI=1S/C13H19FN2O/c1-8-5-11(6-9(2)12(8)14)7-16-13(17)10(3)15-4/h5-6,10,15H,7H2,1-4H3,(H,16,17). The number of rotatable bonds is 4. The minimum absolute atomic E-state index is 0.0628. The Morgan fingerprint density at radius 3 is 2.35 bits per heavy atom. The summed E-state index contributed by atoms with van der Waals surface area (Å²) >= 11 is 0. The topological polar surface area (TPSA) is 41.1 Å². The van der Waals surface area contributed by atoms with E-state index in [9.17, 15) is 9.18 Å². The Balaban J connectivity index is 2.67. The van der Waals surface area contributed by atoms with Gasteiger partial charge in [0, 0.05) is 6.54 Å². The van der Waals surface area contributed by atoms with Crippen LogP contribution in [-0.4, -0.2) is 19.0 Å². The van der Waals surface area contributed by atoms with Crippen LogP contribution >= 0.6 is 0 Å². The van der Waals surface area contributed by atoms with Gasteiger partial charge in [0.25, 0.3) is 0 Å². The highest BCUT2D eigenvalue weighted by Gasteiger charge is 2.10. The van der Waals surface area contributed by atoms with Gasteiger partial charge in [-0.05, 0) is 44.5 Å². The van der Waals surface area contributed by atoms with Crippen molar-refractivity contribution in [2.24, 2.45) is 0 Å². The number of nitrogens with one attached hydrogen (secondary N) is 2. The fraction of sp³-hybridized carbons (Fsp3) is 0.462. The zero-order valence-corrected chi connectivity index (χ0v) is 10.7. The Labute approximate surface area is 101 Å². The third-order valence-electron chi connectivity index (χ3n) is 2.79. The Morgan fingerprint density at radius 1 is 1.35 bits per heavy atom. The molecule has 0 spiro atoms. The molecule has 0 heterocycles. The van der Waals surface area contributed by atoms with Gasteiger partial charge in [0.2, 0.25) is 5.91 Å². The molecule has 1 amide bonds. The fourth-order valence-corrected chi connectivity index (χ4v) is 1.61. The van der Waals surface area contributed by atoms with Gasteiger partial charge in [-0.3, -0.25) is 4.79 Å². The van der Waals surface area contributed by atoms with Crippen LogP contribution in [0.4, 0.5) is 4.39 Å². The van der Waals surface area contributed by atoms with Crippen molar-refractivity contribution in [1.82, 2.24) is 10.6 Å². The van der Waals surface area contributed by atoms with Crippen LogP contribution in [0.3, 0.4) is 0 Å². The predicted octanol–water partition coefficient (Wildman–Crippen LogP) is 1.67. The molecule has 0 saturated carbocycles. The lowest BCUT2D eigenvalue weighted by atomic mass is 10.1. The van der Waals surface area contributed by atoms with E-state index >= 15 is 0 Å². The van der Waals surface area contributed by atoms with Gasteiger partial charge in [-0.25, -0.2) is 4.39 Å². The molecule has 1 aromatic rings. The van der Waals surface area contributed by atoms with E-state index in [0.29, 0.717) is 17.7 Å². The van der Waals surface area contributed by atoms with E-state index < -0.39 is 0 Å². The Kier molecular flexibility index (Phi) is 4.63. The third-order valence-corrected chi connectivity index (χ3v) is 2.79. The van der Waals surface area contributed by atoms with E-state index in [-0.39, 0.29) is 17.8 Å². The van der Waals surface area contributed by atoms with Crippen molar-refractivity contribution >= 4 is 5.91 Å². The van der Waals surface area contributed by atoms with E-state index in [4.69, 9.17) is 0 Å². The van der Waals surface area contributed by atoms with Crippen LogP contribution in [0.2, 0.25) is 0 Å². The van der Waals surface area contributed by atoms with Crippen LogP contribution in [0.25, 0.3) is 0 Å². The predicted molar refractivity (Wildman–Crippen MR) is 66.2 cm³/mol. The van der Waals surface area contributed by atoms with E-state index in [0.717, 1.165) is 5.56 Å². The van der Waals surface area contributed by atoms with Crippen LogP contribution < -0.4 is 10.6 Å². The summed E-state index contributed by atoms with van der Waals surface area (Å²) in [7, 11) is 1.73. The molecule has 2 N–H and O–H groups in total. The van der Waals surface area contributed by atoms with Gasteiger partial charge >= 0.3 is 0 Å². The molecule has 0 aliphatic carbocycles. The summed E-state index contributed by atoms with van der Waals surface area (Å²) in [5.41, 5.74) is 2.13. The van der Waals surface area contributed by atoms with Crippen LogP contribution in [-0.2, 0) is 11.3 Å². The average Bonchev–Trinajstić information content (AvgIpc) is 2.31. The quantitative estimate of drug-likeness (QED) is 0.837. The third kappa shape index (κ3) is 3.53. The SMILES string of the molecule is CNC(C)C(=O)NCc1cc(C)c(F)c(C)c1. The molecular formula is C13H19FN2O. The highest BCUT2D eigenvalue weighted by Crippen LogP contribution is 2.14. The number of halogens is 1. The van der Waals surface area contributed by atoms with Crippen molar-refractivity contribution < 1.29 is 9.18 Å². The molecule has 3 nitrogen and oxygen atoms in total. The maximum atomic E-state index is 13.4. The number of carbonyl (C=O) groups excluding carboxylic acids is 1. The molecule has 1 rings (SSSR count). The van der Waals surface area contributed by atoms with Crippen molar-refractivity contribution in [3.8, 4) is 0 Å². The largest absolute Gasteiger partial charge is 0.351 e. The van der Waals surface area contributed by atoms with Gasteiger partial charge in [-0.15, -0.1) is 0 Å². The smallest absolute Gasteiger partial charge is 0.237 e. The summed E-state index contributed by atoms with van der Waals surface area (Å²) in [4.78, 5) is 11.5. The number of amides is 1. The van der Waals surface area contributed by atoms with Gasteiger partial charge in [0.15, 0.2) is 0 Å². The summed E-state index contributed by atoms with van der Waals surface area (Å²) in [6.45, 7) is 5.66. The molecular weight excluding hydrogens is 219 g/mol. The number of likely N-dealkylation sites (N-methyl/N-ethyl adjacent to an activating group) is 1. The van der Waals surface area contributed by atoms with Gasteiger partial charge in [0.05, 0.1) is 6.04 Å². The van der Waals surface area contributed by atoms with Crippen LogP contribution in [0.1, 0.15) is 23.6 Å². The average molecular weight is 238 g/mol. The van der Waals surface area contributed by atoms with Gasteiger partial charge < -0.3 is 10.6 Å². The molecule has 94 valence electrons. The molecule has 1 atom stereocenters. The first-order valence-corrected chi connectivity index (χ1v) is 5.66. The number of hydrogen-bond acceptors (Lipinski definition) is 2. The Bertz CT molecular complexity index is 395. The number of benzene rings is 1. The summed E-state index contributed by atoms with van der Waals surface area (Å²) < 4.78 is 13.4. The van der Waals surface area contributed by atoms with Crippen molar-refractivity contribution in [2.45, 2.75) is 33.4 Å². The molecule has 1 unspecified atom stereocenters. The Hall–Kier alpha value is -1.42. The van der Waals surface area contributed by atoms with E-state index in [2.05, 4.69) is 10.6 Å².